The SMILES string of the molecule is COC(C)(C)CCOc1ccc2c(=O)n(-c3ccc(Cl)c4c(NSC)nn(C)c34)c(C(Cc3cc(F)cc(F)c3)NC(=O)Cn3nc(C(F)F)c4c3C(F)(F)C(C)C4)nc2n1. The third-order valence-electron chi connectivity index (χ3n) is 10.6. The van der Waals surface area contributed by atoms with E-state index in [2.05, 4.69) is 25.2 Å². The number of aromatic nitrogens is 7. The maximum atomic E-state index is 15.5. The summed E-state index contributed by atoms with van der Waals surface area (Å²) in [5.41, 5.74) is -2.86. The molecule has 0 bridgehead atoms. The van der Waals surface area contributed by atoms with Gasteiger partial charge in [-0.05, 0) is 56.2 Å². The maximum Gasteiger partial charge on any atom is 0.292 e. The van der Waals surface area contributed by atoms with E-state index in [1.165, 1.54) is 52.4 Å². The second-order valence-electron chi connectivity index (χ2n) is 15.3. The molecule has 13 nitrogen and oxygen atoms in total. The van der Waals surface area contributed by atoms with E-state index in [-0.39, 0.29) is 57.6 Å². The van der Waals surface area contributed by atoms with Crippen molar-refractivity contribution >= 4 is 57.2 Å². The van der Waals surface area contributed by atoms with Crippen LogP contribution in [0.1, 0.15) is 68.0 Å². The molecule has 21 heteroatoms. The second kappa shape index (κ2) is 16.8. The average Bonchev–Trinajstić information content (AvgIpc) is 3.79. The van der Waals surface area contributed by atoms with Crippen LogP contribution in [0.3, 0.4) is 0 Å². The molecule has 0 aliphatic heterocycles. The number of nitrogens with one attached hydrogen (secondary N) is 2. The predicted octanol–water partition coefficient (Wildman–Crippen LogP) is 8.00. The summed E-state index contributed by atoms with van der Waals surface area (Å²) in [5, 5.41) is 11.6. The first-order valence-corrected chi connectivity index (χ1v) is 20.5. The molecule has 4 aromatic heterocycles. The van der Waals surface area contributed by atoms with Gasteiger partial charge in [-0.25, -0.2) is 22.5 Å². The summed E-state index contributed by atoms with van der Waals surface area (Å²) in [6.07, 6.45) is -1.77. The lowest BCUT2D eigenvalue weighted by molar-refractivity contribution is -0.123. The minimum atomic E-state index is -3.59. The van der Waals surface area contributed by atoms with Crippen molar-refractivity contribution in [2.24, 2.45) is 13.0 Å². The fourth-order valence-corrected chi connectivity index (χ4v) is 8.00. The van der Waals surface area contributed by atoms with Crippen molar-refractivity contribution in [1.82, 2.24) is 39.4 Å². The molecule has 2 N–H and O–H groups in total. The van der Waals surface area contributed by atoms with Crippen LogP contribution in [0.15, 0.2) is 47.3 Å². The smallest absolute Gasteiger partial charge is 0.292 e. The highest BCUT2D eigenvalue weighted by Gasteiger charge is 2.51. The lowest BCUT2D eigenvalue weighted by Gasteiger charge is -2.24. The quantitative estimate of drug-likeness (QED) is 0.0770. The highest BCUT2D eigenvalue weighted by atomic mass is 35.5. The predicted molar refractivity (Wildman–Crippen MR) is 218 cm³/mol. The van der Waals surface area contributed by atoms with Gasteiger partial charge in [0.05, 0.1) is 45.2 Å². The molecule has 6 aromatic rings. The summed E-state index contributed by atoms with van der Waals surface area (Å²) in [5.74, 6) is -7.62. The van der Waals surface area contributed by atoms with E-state index in [4.69, 9.17) is 26.1 Å². The van der Waals surface area contributed by atoms with Crippen molar-refractivity contribution in [3.8, 4) is 11.6 Å². The second-order valence-corrected chi connectivity index (χ2v) is 16.3. The number of rotatable bonds is 15. The zero-order chi connectivity index (χ0) is 44.1. The van der Waals surface area contributed by atoms with Gasteiger partial charge in [0.1, 0.15) is 35.4 Å². The van der Waals surface area contributed by atoms with Crippen LogP contribution in [0.2, 0.25) is 5.02 Å². The van der Waals surface area contributed by atoms with Crippen molar-refractivity contribution < 1.29 is 40.6 Å². The molecule has 0 saturated carbocycles. The Labute approximate surface area is 353 Å². The fourth-order valence-electron chi connectivity index (χ4n) is 7.42. The van der Waals surface area contributed by atoms with E-state index >= 15 is 8.78 Å². The standard InChI is InChI=1S/C40H40ClF6N9O4S/c1-19-13-24-31(34(44)45)51-55(33(24)40(19,46)47)18-28(57)48-26(16-20-14-21(42)17-22(43)15-20)37-50-35-23(7-10-29(49-35)60-12-11-39(2,3)59-5)38(58)56(37)27-9-8-25(41)30-32(27)54(4)52-36(30)53-61-6/h7-10,14-15,17,19,26,34H,11-13,16,18H2,1-6H3,(H,48,57)(H,52,53). The molecule has 1 aliphatic carbocycles. The molecule has 0 radical (unpaired) electrons. The van der Waals surface area contributed by atoms with Gasteiger partial charge in [-0.3, -0.25) is 23.5 Å². The van der Waals surface area contributed by atoms with Crippen LogP contribution in [0, 0.1) is 17.6 Å². The van der Waals surface area contributed by atoms with Crippen LogP contribution in [0.25, 0.3) is 27.6 Å². The normalized spacial score (nSPS) is 15.5. The van der Waals surface area contributed by atoms with Gasteiger partial charge in [0.25, 0.3) is 17.9 Å². The molecule has 61 heavy (non-hydrogen) atoms. The van der Waals surface area contributed by atoms with Crippen molar-refractivity contribution in [1.29, 1.82) is 0 Å². The van der Waals surface area contributed by atoms with E-state index < -0.39 is 77.4 Å². The van der Waals surface area contributed by atoms with Gasteiger partial charge < -0.3 is 19.5 Å². The van der Waals surface area contributed by atoms with E-state index in [9.17, 15) is 27.2 Å². The number of anilines is 1. The summed E-state index contributed by atoms with van der Waals surface area (Å²) in [4.78, 5) is 38.3. The Morgan fingerprint density at radius 2 is 1.82 bits per heavy atom. The number of pyridine rings is 1. The highest BCUT2D eigenvalue weighted by Crippen LogP contribution is 2.48. The van der Waals surface area contributed by atoms with Crippen molar-refractivity contribution in [3.63, 3.8) is 0 Å². The Kier molecular flexibility index (Phi) is 12.1. The van der Waals surface area contributed by atoms with Gasteiger partial charge in [0.15, 0.2) is 11.5 Å². The number of methoxy groups -OCH3 is 1. The van der Waals surface area contributed by atoms with E-state index in [1.54, 1.807) is 20.4 Å². The number of benzene rings is 2. The molecule has 1 aliphatic rings. The number of ether oxygens (including phenoxy) is 2. The fraction of sp³-hybridized carbons (Fsp3) is 0.400. The third kappa shape index (κ3) is 8.48. The van der Waals surface area contributed by atoms with E-state index in [0.29, 0.717) is 33.9 Å². The molecular formula is C40H40ClF6N9O4S. The first kappa shape index (κ1) is 43.7. The van der Waals surface area contributed by atoms with Gasteiger partial charge in [0.2, 0.25) is 11.8 Å². The molecule has 2 aromatic carbocycles. The Balaban J connectivity index is 1.42. The summed E-state index contributed by atoms with van der Waals surface area (Å²) in [6, 6.07) is 7.19. The minimum absolute atomic E-state index is 0.00284. The monoisotopic (exact) mass is 891 g/mol. The van der Waals surface area contributed by atoms with Crippen LogP contribution in [-0.4, -0.2) is 65.6 Å². The average molecular weight is 892 g/mol. The molecule has 0 spiro atoms. The number of nitrogens with zero attached hydrogens (tertiary/aromatic N) is 7. The highest BCUT2D eigenvalue weighted by molar-refractivity contribution is 7.99. The molecule has 2 unspecified atom stereocenters. The first-order valence-electron chi connectivity index (χ1n) is 18.9. The van der Waals surface area contributed by atoms with Crippen LogP contribution in [0.5, 0.6) is 5.88 Å². The van der Waals surface area contributed by atoms with Crippen LogP contribution in [-0.2, 0) is 41.9 Å². The van der Waals surface area contributed by atoms with Crippen molar-refractivity contribution in [2.75, 3.05) is 24.7 Å². The van der Waals surface area contributed by atoms with Crippen LogP contribution in [0.4, 0.5) is 32.2 Å². The number of amides is 1. The molecule has 1 amide bonds. The summed E-state index contributed by atoms with van der Waals surface area (Å²) in [6.45, 7) is 4.16. The number of carbonyl (C=O) groups excluding carboxylic acids is 1. The molecule has 4 heterocycles. The van der Waals surface area contributed by atoms with E-state index in [0.717, 1.165) is 12.1 Å². The van der Waals surface area contributed by atoms with Crippen molar-refractivity contribution in [2.45, 2.75) is 70.6 Å². The first-order chi connectivity index (χ1) is 28.8. The van der Waals surface area contributed by atoms with Gasteiger partial charge in [-0.15, -0.1) is 0 Å². The van der Waals surface area contributed by atoms with Crippen LogP contribution >= 0.6 is 23.5 Å². The lowest BCUT2D eigenvalue weighted by Crippen LogP contribution is -2.38. The molecule has 324 valence electrons. The number of aryl methyl sites for hydroxylation is 1. The number of alkyl halides is 4. The summed E-state index contributed by atoms with van der Waals surface area (Å²) in [7, 11) is 3.18. The lowest BCUT2D eigenvalue weighted by atomic mass is 10.0. The summed E-state index contributed by atoms with van der Waals surface area (Å²) >= 11 is 7.94. The Bertz CT molecular complexity index is 2710. The van der Waals surface area contributed by atoms with Crippen LogP contribution < -0.4 is 20.3 Å². The number of hydrogen-bond acceptors (Lipinski definition) is 10. The van der Waals surface area contributed by atoms with Gasteiger partial charge >= 0.3 is 0 Å². The number of fused-ring (bicyclic) bond motifs is 3. The van der Waals surface area contributed by atoms with E-state index in [1.807, 2.05) is 13.8 Å². The maximum absolute atomic E-state index is 15.5. The number of carbonyl (C=O) groups is 1. The summed E-state index contributed by atoms with van der Waals surface area (Å²) < 4.78 is 106. The van der Waals surface area contributed by atoms with Gasteiger partial charge in [-0.1, -0.05) is 30.5 Å². The number of hydrogen-bond donors (Lipinski definition) is 2. The third-order valence-corrected chi connectivity index (χ3v) is 11.3. The largest absolute Gasteiger partial charge is 0.477 e. The van der Waals surface area contributed by atoms with Gasteiger partial charge in [0, 0.05) is 56.9 Å². The zero-order valence-electron chi connectivity index (χ0n) is 33.6. The Morgan fingerprint density at radius 3 is 2.49 bits per heavy atom. The molecule has 2 atom stereocenters. The number of halogens is 7. The molecular weight excluding hydrogens is 852 g/mol. The Morgan fingerprint density at radius 1 is 1.10 bits per heavy atom. The zero-order valence-corrected chi connectivity index (χ0v) is 35.2. The molecule has 0 saturated heterocycles. The molecule has 0 fully saturated rings. The minimum Gasteiger partial charge on any atom is -0.477 e. The Hall–Kier alpha value is -5.34. The topological polar surface area (TPSA) is 143 Å². The molecule has 7 rings (SSSR count). The van der Waals surface area contributed by atoms with Gasteiger partial charge in [-0.2, -0.15) is 24.0 Å². The van der Waals surface area contributed by atoms with Crippen molar-refractivity contribution in [3.05, 3.63) is 97.8 Å².